The monoisotopic (exact) mass is 934 g/mol. The van der Waals surface area contributed by atoms with Crippen LogP contribution in [0.2, 0.25) is 0 Å². The molecule has 65 heavy (non-hydrogen) atoms. The van der Waals surface area contributed by atoms with E-state index in [0.29, 0.717) is 0 Å². The highest BCUT2D eigenvalue weighted by atomic mass is 16.7. The first kappa shape index (κ1) is 49.0. The maximum atomic E-state index is 14.4. The number of aliphatic hydroxyl groups excluding tert-OH is 15. The Labute approximate surface area is 364 Å². The van der Waals surface area contributed by atoms with Crippen molar-refractivity contribution in [3.05, 3.63) is 46.6 Å². The van der Waals surface area contributed by atoms with Gasteiger partial charge in [-0.1, -0.05) is 0 Å². The summed E-state index contributed by atoms with van der Waals surface area (Å²) in [5.41, 5.74) is -1.59. The summed E-state index contributed by atoms with van der Waals surface area (Å²) in [7, 11) is 0. The molecule has 0 radical (unpaired) electrons. The highest BCUT2D eigenvalue weighted by Gasteiger charge is 2.49. The smallest absolute Gasteiger partial charge is 0.239 e. The Morgan fingerprint density at radius 3 is 1.38 bits per heavy atom. The quantitative estimate of drug-likeness (QED) is 0.0757. The van der Waals surface area contributed by atoms with E-state index in [0.717, 1.165) is 12.1 Å². The van der Waals surface area contributed by atoms with E-state index in [1.54, 1.807) is 0 Å². The molecule has 4 aliphatic rings. The second-order valence-corrected chi connectivity index (χ2v) is 15.7. The topological polar surface area (TPSA) is 428 Å². The van der Waals surface area contributed by atoms with Gasteiger partial charge in [0.05, 0.1) is 26.4 Å². The number of phenolic OH excluding ortho intramolecular Hbond substituents is 1. The standard InChI is InChI=1S/C39H50O26/c40-7-16-21(44)26(49)30(53)36(61-16)57-10-19-24(47)29(52)33(56)39(64-19)65-35-25(48)20-14(43)5-13(59-38-32(55)28(51)23(46)18(9-42)63-38)6-15(20)60-34(35)11-1-3-12(4-2-11)58-37-31(54)27(50)22(45)17(8-41)62-37/h1-6,16-19,21-24,26-33,36-47,49-56H,7-10H2/t16-,17-,18+,19-,21-,22-,23-,24-,26+,27+,28+,29+,30-,31-,32-,33-,36-,37-,38-,39+/m1/s1. The van der Waals surface area contributed by atoms with Gasteiger partial charge in [-0.3, -0.25) is 4.79 Å². The van der Waals surface area contributed by atoms with Gasteiger partial charge in [-0.25, -0.2) is 0 Å². The van der Waals surface area contributed by atoms with Gasteiger partial charge >= 0.3 is 0 Å². The summed E-state index contributed by atoms with van der Waals surface area (Å²) in [5.74, 6) is -2.48. The number of fused-ring (bicyclic) bond motifs is 1. The predicted molar refractivity (Wildman–Crippen MR) is 205 cm³/mol. The largest absolute Gasteiger partial charge is 0.507 e. The minimum absolute atomic E-state index is 0.0201. The molecule has 0 saturated carbocycles. The fourth-order valence-corrected chi connectivity index (χ4v) is 7.57. The summed E-state index contributed by atoms with van der Waals surface area (Å²) < 4.78 is 50.5. The van der Waals surface area contributed by atoms with Crippen LogP contribution in [0, 0.1) is 0 Å². The maximum Gasteiger partial charge on any atom is 0.239 e. The first-order valence-electron chi connectivity index (χ1n) is 20.1. The minimum atomic E-state index is -2.12. The lowest BCUT2D eigenvalue weighted by atomic mass is 9.98. The fourth-order valence-electron chi connectivity index (χ4n) is 7.57. The van der Waals surface area contributed by atoms with E-state index in [-0.39, 0.29) is 17.1 Å². The molecule has 2 aromatic carbocycles. The van der Waals surface area contributed by atoms with Gasteiger partial charge in [-0.05, 0) is 24.3 Å². The molecule has 0 unspecified atom stereocenters. The molecule has 7 rings (SSSR count). The Hall–Kier alpha value is -3.95. The van der Waals surface area contributed by atoms with Gasteiger partial charge in [0.25, 0.3) is 0 Å². The maximum absolute atomic E-state index is 14.4. The zero-order valence-corrected chi connectivity index (χ0v) is 33.6. The number of ether oxygens (including phenoxy) is 8. The molecule has 4 saturated heterocycles. The van der Waals surface area contributed by atoms with Crippen LogP contribution in [0.25, 0.3) is 22.3 Å². The molecule has 0 aliphatic carbocycles. The van der Waals surface area contributed by atoms with Crippen molar-refractivity contribution in [1.82, 2.24) is 0 Å². The van der Waals surface area contributed by atoms with Gasteiger partial charge in [0.15, 0.2) is 12.1 Å². The predicted octanol–water partition coefficient (Wildman–Crippen LogP) is -7.47. The lowest BCUT2D eigenvalue weighted by Gasteiger charge is -2.42. The average Bonchev–Trinajstić information content (AvgIpc) is 3.29. The van der Waals surface area contributed by atoms with E-state index in [2.05, 4.69) is 0 Å². The second-order valence-electron chi connectivity index (χ2n) is 15.7. The molecule has 1 aromatic heterocycles. The molecule has 26 heteroatoms. The zero-order valence-electron chi connectivity index (χ0n) is 33.6. The highest BCUT2D eigenvalue weighted by Crippen LogP contribution is 2.39. The van der Waals surface area contributed by atoms with Crippen LogP contribution in [0.5, 0.6) is 23.0 Å². The van der Waals surface area contributed by atoms with Gasteiger partial charge in [0.1, 0.15) is 126 Å². The van der Waals surface area contributed by atoms with Gasteiger partial charge < -0.3 is 124 Å². The number of aliphatic hydroxyl groups is 15. The molecule has 0 amide bonds. The van der Waals surface area contributed by atoms with Crippen LogP contribution in [0.1, 0.15) is 0 Å². The van der Waals surface area contributed by atoms with E-state index >= 15 is 0 Å². The third-order valence-corrected chi connectivity index (χ3v) is 11.4. The van der Waals surface area contributed by atoms with E-state index in [9.17, 15) is 86.5 Å². The fraction of sp³-hybridized carbons (Fsp3) is 0.615. The Morgan fingerprint density at radius 2 is 0.892 bits per heavy atom. The van der Waals surface area contributed by atoms with Crippen molar-refractivity contribution in [1.29, 1.82) is 0 Å². The Bertz CT molecular complexity index is 2120. The number of hydrogen-bond donors (Lipinski definition) is 16. The normalized spacial score (nSPS) is 40.1. The number of benzene rings is 2. The van der Waals surface area contributed by atoms with E-state index < -0.39 is 183 Å². The van der Waals surface area contributed by atoms with Crippen molar-refractivity contribution in [3.8, 4) is 34.3 Å². The third-order valence-electron chi connectivity index (χ3n) is 11.4. The molecule has 4 aliphatic heterocycles. The van der Waals surface area contributed by atoms with E-state index in [1.165, 1.54) is 24.3 Å². The van der Waals surface area contributed by atoms with Crippen molar-refractivity contribution < 1.29 is 124 Å². The van der Waals surface area contributed by atoms with Crippen LogP contribution < -0.4 is 19.6 Å². The summed E-state index contributed by atoms with van der Waals surface area (Å²) in [6.07, 6.45) is -35.0. The summed E-state index contributed by atoms with van der Waals surface area (Å²) in [4.78, 5) is 14.4. The van der Waals surface area contributed by atoms with Gasteiger partial charge in [0, 0.05) is 17.7 Å². The average molecular weight is 935 g/mol. The zero-order chi connectivity index (χ0) is 47.2. The Balaban J connectivity index is 1.22. The van der Waals surface area contributed by atoms with Crippen LogP contribution in [0.3, 0.4) is 0 Å². The van der Waals surface area contributed by atoms with Gasteiger partial charge in [0.2, 0.25) is 30.0 Å². The molecule has 0 bridgehead atoms. The highest BCUT2D eigenvalue weighted by molar-refractivity contribution is 5.88. The third kappa shape index (κ3) is 9.62. The summed E-state index contributed by atoms with van der Waals surface area (Å²) in [6, 6.07) is 7.02. The Kier molecular flexibility index (Phi) is 15.1. The lowest BCUT2D eigenvalue weighted by Crippen LogP contribution is -2.62. The summed E-state index contributed by atoms with van der Waals surface area (Å²) in [5, 5.41) is 164. The molecule has 3 aromatic rings. The molecule has 0 spiro atoms. The SMILES string of the molecule is O=c1c(O[C@@H]2O[C@H](CO[C@@H]3O[C@H](CO)[C@@H](O)[C@H](O)[C@H]3O)[C@@H](O)[C@H](O)[C@H]2O)c(-c2ccc(O[C@@H]3O[C@H](CO)[C@@H](O)[C@H](O)[C@H]3O)cc2)oc2cc(O[C@@H]3O[C@@H](CO)[C@@H](O)[C@H](O)[C@H]3O)cc(O)c12. The number of phenols is 1. The van der Waals surface area contributed by atoms with Crippen molar-refractivity contribution in [2.75, 3.05) is 26.4 Å². The van der Waals surface area contributed by atoms with Gasteiger partial charge in [-0.15, -0.1) is 0 Å². The van der Waals surface area contributed by atoms with Crippen molar-refractivity contribution in [2.24, 2.45) is 0 Å². The lowest BCUT2D eigenvalue weighted by molar-refractivity contribution is -0.323. The van der Waals surface area contributed by atoms with Crippen LogP contribution >= 0.6 is 0 Å². The molecule has 4 fully saturated rings. The van der Waals surface area contributed by atoms with E-state index in [1.807, 2.05) is 0 Å². The van der Waals surface area contributed by atoms with Crippen LogP contribution in [0.15, 0.2) is 45.6 Å². The first-order chi connectivity index (χ1) is 30.9. The molecular weight excluding hydrogens is 884 g/mol. The molecule has 362 valence electrons. The van der Waals surface area contributed by atoms with Crippen LogP contribution in [-0.2, 0) is 23.7 Å². The summed E-state index contributed by atoms with van der Waals surface area (Å²) >= 11 is 0. The minimum Gasteiger partial charge on any atom is -0.507 e. The number of rotatable bonds is 13. The van der Waals surface area contributed by atoms with Crippen molar-refractivity contribution in [2.45, 2.75) is 123 Å². The number of aromatic hydroxyl groups is 1. The van der Waals surface area contributed by atoms with Crippen molar-refractivity contribution in [3.63, 3.8) is 0 Å². The molecule has 16 N–H and O–H groups in total. The van der Waals surface area contributed by atoms with E-state index in [4.69, 9.17) is 42.3 Å². The van der Waals surface area contributed by atoms with Crippen molar-refractivity contribution >= 4 is 11.0 Å². The van der Waals surface area contributed by atoms with Crippen LogP contribution in [-0.4, -0.2) is 231 Å². The second kappa shape index (κ2) is 20.1. The molecule has 5 heterocycles. The summed E-state index contributed by atoms with van der Waals surface area (Å²) in [6.45, 7) is -3.08. The molecular formula is C39H50O26. The number of hydrogen-bond acceptors (Lipinski definition) is 26. The molecule has 20 atom stereocenters. The molecule has 26 nitrogen and oxygen atoms in total. The van der Waals surface area contributed by atoms with Gasteiger partial charge in [-0.2, -0.15) is 0 Å². The first-order valence-corrected chi connectivity index (χ1v) is 20.1. The Morgan fingerprint density at radius 1 is 0.477 bits per heavy atom. The van der Waals surface area contributed by atoms with Crippen LogP contribution in [0.4, 0.5) is 0 Å².